The van der Waals surface area contributed by atoms with E-state index in [9.17, 15) is 4.79 Å². The molecule has 0 saturated heterocycles. The molecular weight excluding hydrogens is 184 g/mol. The van der Waals surface area contributed by atoms with Gasteiger partial charge < -0.3 is 10.1 Å². The number of hydrogen-bond donors (Lipinski definition) is 2. The second-order valence-corrected chi connectivity index (χ2v) is 4.73. The predicted molar refractivity (Wildman–Crippen MR) is 53.6 cm³/mol. The smallest absolute Gasteiger partial charge is 0.407 e. The van der Waals surface area contributed by atoms with Gasteiger partial charge in [0, 0.05) is 0 Å². The molecule has 0 unspecified atom stereocenters. The molecule has 0 rings (SSSR count). The average Bonchev–Trinajstić information content (AvgIpc) is 1.98. The van der Waals surface area contributed by atoms with Crippen molar-refractivity contribution in [3.8, 4) is 0 Å². The fourth-order valence-electron chi connectivity index (χ4n) is 0.641. The van der Waals surface area contributed by atoms with Crippen LogP contribution in [0.1, 0.15) is 34.6 Å². The van der Waals surface area contributed by atoms with E-state index in [0.717, 1.165) is 0 Å². The zero-order valence-corrected chi connectivity index (χ0v) is 9.51. The standard InChI is InChI=1S/C9H20N2O3/c1-8(2,3)13-7(12)11-6-9(4,5)14-10/h6,10H2,1-5H3,(H,11,12). The van der Waals surface area contributed by atoms with Gasteiger partial charge >= 0.3 is 6.09 Å². The van der Waals surface area contributed by atoms with Crippen LogP contribution in [0.5, 0.6) is 0 Å². The van der Waals surface area contributed by atoms with Crippen LogP contribution in [0.25, 0.3) is 0 Å². The lowest BCUT2D eigenvalue weighted by Gasteiger charge is -2.24. The summed E-state index contributed by atoms with van der Waals surface area (Å²) in [6, 6.07) is 0. The molecule has 14 heavy (non-hydrogen) atoms. The molecule has 0 saturated carbocycles. The summed E-state index contributed by atoms with van der Waals surface area (Å²) >= 11 is 0. The molecular formula is C9H20N2O3. The highest BCUT2D eigenvalue weighted by Crippen LogP contribution is 2.08. The summed E-state index contributed by atoms with van der Waals surface area (Å²) in [6.07, 6.45) is -0.470. The van der Waals surface area contributed by atoms with Gasteiger partial charge in [0.2, 0.25) is 0 Å². The number of amides is 1. The van der Waals surface area contributed by atoms with Crippen molar-refractivity contribution in [3.63, 3.8) is 0 Å². The van der Waals surface area contributed by atoms with Crippen LogP contribution < -0.4 is 11.2 Å². The van der Waals surface area contributed by atoms with Crippen molar-refractivity contribution in [2.75, 3.05) is 6.54 Å². The minimum absolute atomic E-state index is 0.304. The van der Waals surface area contributed by atoms with E-state index in [1.54, 1.807) is 34.6 Å². The van der Waals surface area contributed by atoms with Crippen molar-refractivity contribution in [2.45, 2.75) is 45.8 Å². The molecule has 0 heterocycles. The summed E-state index contributed by atoms with van der Waals surface area (Å²) in [7, 11) is 0. The number of nitrogens with two attached hydrogens (primary N) is 1. The number of hydrogen-bond acceptors (Lipinski definition) is 4. The first-order valence-electron chi connectivity index (χ1n) is 4.51. The zero-order chi connectivity index (χ0) is 11.4. The Kier molecular flexibility index (Phi) is 4.35. The lowest BCUT2D eigenvalue weighted by molar-refractivity contribution is -0.0209. The summed E-state index contributed by atoms with van der Waals surface area (Å²) in [6.45, 7) is 9.25. The molecule has 0 aromatic rings. The van der Waals surface area contributed by atoms with Crippen LogP contribution >= 0.6 is 0 Å². The molecule has 0 radical (unpaired) electrons. The summed E-state index contributed by atoms with van der Waals surface area (Å²) in [5.74, 6) is 5.03. The molecule has 3 N–H and O–H groups in total. The van der Waals surface area contributed by atoms with Crippen molar-refractivity contribution >= 4 is 6.09 Å². The first-order valence-corrected chi connectivity index (χ1v) is 4.51. The van der Waals surface area contributed by atoms with E-state index in [1.165, 1.54) is 0 Å². The van der Waals surface area contributed by atoms with Gasteiger partial charge in [0.1, 0.15) is 11.2 Å². The maximum atomic E-state index is 11.2. The highest BCUT2D eigenvalue weighted by atomic mass is 16.6. The fraction of sp³-hybridized carbons (Fsp3) is 0.889. The Morgan fingerprint density at radius 2 is 1.79 bits per heavy atom. The van der Waals surface area contributed by atoms with Gasteiger partial charge in [0.25, 0.3) is 0 Å². The van der Waals surface area contributed by atoms with Gasteiger partial charge in [-0.2, -0.15) is 0 Å². The van der Waals surface area contributed by atoms with Crippen LogP contribution in [0.15, 0.2) is 0 Å². The van der Waals surface area contributed by atoms with Crippen molar-refractivity contribution in [1.29, 1.82) is 0 Å². The van der Waals surface area contributed by atoms with Gasteiger partial charge in [-0.15, -0.1) is 0 Å². The third-order valence-corrected chi connectivity index (χ3v) is 1.38. The summed E-state index contributed by atoms with van der Waals surface area (Å²) in [5, 5.41) is 2.56. The molecule has 0 spiro atoms. The van der Waals surface area contributed by atoms with Gasteiger partial charge in [-0.3, -0.25) is 4.84 Å². The molecule has 5 nitrogen and oxygen atoms in total. The monoisotopic (exact) mass is 204 g/mol. The van der Waals surface area contributed by atoms with Gasteiger partial charge in [-0.1, -0.05) is 0 Å². The van der Waals surface area contributed by atoms with Crippen LogP contribution in [-0.2, 0) is 9.57 Å². The van der Waals surface area contributed by atoms with E-state index in [2.05, 4.69) is 10.2 Å². The number of carbonyl (C=O) groups excluding carboxylic acids is 1. The van der Waals surface area contributed by atoms with E-state index in [4.69, 9.17) is 10.6 Å². The lowest BCUT2D eigenvalue weighted by atomic mass is 10.1. The Hall–Kier alpha value is -0.810. The first kappa shape index (κ1) is 13.2. The van der Waals surface area contributed by atoms with Crippen LogP contribution in [0.4, 0.5) is 4.79 Å². The predicted octanol–water partition coefficient (Wildman–Crippen LogP) is 1.18. The zero-order valence-electron chi connectivity index (χ0n) is 9.51. The maximum absolute atomic E-state index is 11.2. The second kappa shape index (κ2) is 4.61. The minimum Gasteiger partial charge on any atom is -0.444 e. The summed E-state index contributed by atoms with van der Waals surface area (Å²) in [4.78, 5) is 15.8. The average molecular weight is 204 g/mol. The number of rotatable bonds is 3. The van der Waals surface area contributed by atoms with Crippen molar-refractivity contribution in [2.24, 2.45) is 5.90 Å². The van der Waals surface area contributed by atoms with Crippen molar-refractivity contribution in [3.05, 3.63) is 0 Å². The lowest BCUT2D eigenvalue weighted by Crippen LogP contribution is -2.43. The van der Waals surface area contributed by atoms with Gasteiger partial charge in [-0.25, -0.2) is 10.7 Å². The Labute approximate surface area is 84.9 Å². The summed E-state index contributed by atoms with van der Waals surface area (Å²) < 4.78 is 5.03. The largest absolute Gasteiger partial charge is 0.444 e. The Bertz CT molecular complexity index is 197. The maximum Gasteiger partial charge on any atom is 0.407 e. The molecule has 0 aliphatic carbocycles. The van der Waals surface area contributed by atoms with E-state index in [1.807, 2.05) is 0 Å². The molecule has 0 bridgehead atoms. The van der Waals surface area contributed by atoms with E-state index in [0.29, 0.717) is 6.54 Å². The van der Waals surface area contributed by atoms with Gasteiger partial charge in [-0.05, 0) is 34.6 Å². The van der Waals surface area contributed by atoms with Crippen molar-refractivity contribution < 1.29 is 14.4 Å². The third-order valence-electron chi connectivity index (χ3n) is 1.38. The summed E-state index contributed by atoms with van der Waals surface area (Å²) in [5.41, 5.74) is -1.07. The SMILES string of the molecule is CC(C)(C)OC(=O)NCC(C)(C)ON. The number of nitrogens with one attached hydrogen (secondary N) is 1. The highest BCUT2D eigenvalue weighted by Gasteiger charge is 2.21. The normalized spacial score (nSPS) is 12.4. The van der Waals surface area contributed by atoms with E-state index < -0.39 is 17.3 Å². The number of carbonyl (C=O) groups is 1. The van der Waals surface area contributed by atoms with Crippen LogP contribution in [0.2, 0.25) is 0 Å². The first-order chi connectivity index (χ1) is 6.16. The van der Waals surface area contributed by atoms with Gasteiger partial charge in [0.05, 0.1) is 6.54 Å². The molecule has 0 aliphatic heterocycles. The highest BCUT2D eigenvalue weighted by molar-refractivity contribution is 5.67. The molecule has 0 fully saturated rings. The molecule has 5 heteroatoms. The number of ether oxygens (including phenoxy) is 1. The molecule has 1 amide bonds. The van der Waals surface area contributed by atoms with Crippen LogP contribution in [0, 0.1) is 0 Å². The topological polar surface area (TPSA) is 73.6 Å². The molecule has 84 valence electrons. The Morgan fingerprint density at radius 3 is 2.14 bits per heavy atom. The minimum atomic E-state index is -0.586. The third kappa shape index (κ3) is 6.68. The number of alkyl carbamates (subject to hydrolysis) is 1. The van der Waals surface area contributed by atoms with Gasteiger partial charge in [0.15, 0.2) is 0 Å². The van der Waals surface area contributed by atoms with Crippen molar-refractivity contribution in [1.82, 2.24) is 5.32 Å². The Morgan fingerprint density at radius 1 is 1.29 bits per heavy atom. The van der Waals surface area contributed by atoms with Crippen LogP contribution in [-0.4, -0.2) is 23.8 Å². The van der Waals surface area contributed by atoms with E-state index in [-0.39, 0.29) is 0 Å². The Balaban J connectivity index is 3.87. The molecule has 0 atom stereocenters. The molecule has 0 aromatic carbocycles. The molecule has 0 aliphatic rings. The van der Waals surface area contributed by atoms with E-state index >= 15 is 0 Å². The quantitative estimate of drug-likeness (QED) is 0.677. The second-order valence-electron chi connectivity index (χ2n) is 4.73. The van der Waals surface area contributed by atoms with Crippen LogP contribution in [0.3, 0.4) is 0 Å². The fourth-order valence-corrected chi connectivity index (χ4v) is 0.641. The molecule has 0 aromatic heterocycles.